The Morgan fingerprint density at radius 1 is 1.07 bits per heavy atom. The number of ether oxygens (including phenoxy) is 1. The first-order valence-corrected chi connectivity index (χ1v) is 11.0. The molecule has 0 radical (unpaired) electrons. The van der Waals surface area contributed by atoms with Gasteiger partial charge in [-0.3, -0.25) is 4.79 Å². The zero-order valence-electron chi connectivity index (χ0n) is 17.0. The van der Waals surface area contributed by atoms with Gasteiger partial charge in [-0.1, -0.05) is 24.3 Å². The van der Waals surface area contributed by atoms with E-state index in [1.807, 2.05) is 38.2 Å². The van der Waals surface area contributed by atoms with Crippen molar-refractivity contribution in [3.05, 3.63) is 59.7 Å². The summed E-state index contributed by atoms with van der Waals surface area (Å²) < 4.78 is 32.7. The molecular weight excluding hydrogens is 390 g/mol. The fraction of sp³-hybridized carbons (Fsp3) is 0.381. The van der Waals surface area contributed by atoms with E-state index in [-0.39, 0.29) is 16.8 Å². The molecule has 29 heavy (non-hydrogen) atoms. The van der Waals surface area contributed by atoms with Gasteiger partial charge in [-0.2, -0.15) is 4.31 Å². The maximum absolute atomic E-state index is 13.0. The van der Waals surface area contributed by atoms with Gasteiger partial charge < -0.3 is 15.0 Å². The van der Waals surface area contributed by atoms with Crippen LogP contribution in [0.25, 0.3) is 0 Å². The molecule has 0 unspecified atom stereocenters. The van der Waals surface area contributed by atoms with Gasteiger partial charge in [0.05, 0.1) is 18.0 Å². The molecular formula is C21H27N3O4S. The first-order chi connectivity index (χ1) is 13.8. The summed E-state index contributed by atoms with van der Waals surface area (Å²) >= 11 is 0. The topological polar surface area (TPSA) is 78.9 Å². The van der Waals surface area contributed by atoms with Gasteiger partial charge in [0, 0.05) is 37.3 Å². The van der Waals surface area contributed by atoms with Crippen LogP contribution in [0.5, 0.6) is 5.75 Å². The molecule has 0 saturated carbocycles. The van der Waals surface area contributed by atoms with Crippen LogP contribution in [0, 0.1) is 0 Å². The molecule has 2 aromatic rings. The van der Waals surface area contributed by atoms with Gasteiger partial charge in [-0.05, 0) is 38.2 Å². The molecule has 0 aromatic heterocycles. The Kier molecular flexibility index (Phi) is 6.56. The molecule has 1 amide bonds. The van der Waals surface area contributed by atoms with E-state index in [0.29, 0.717) is 37.5 Å². The second-order valence-corrected chi connectivity index (χ2v) is 9.11. The van der Waals surface area contributed by atoms with Crippen LogP contribution in [-0.4, -0.2) is 63.9 Å². The molecule has 3 rings (SSSR count). The van der Waals surface area contributed by atoms with Gasteiger partial charge in [-0.15, -0.1) is 0 Å². The van der Waals surface area contributed by atoms with Crippen molar-refractivity contribution in [1.29, 1.82) is 0 Å². The molecule has 8 heteroatoms. The highest BCUT2D eigenvalue weighted by Gasteiger charge is 2.28. The number of amides is 1. The van der Waals surface area contributed by atoms with Crippen molar-refractivity contribution in [2.75, 3.05) is 40.3 Å². The number of sulfonamides is 1. The summed E-state index contributed by atoms with van der Waals surface area (Å²) in [5, 5.41) is 2.92. The van der Waals surface area contributed by atoms with Gasteiger partial charge in [0.2, 0.25) is 10.0 Å². The van der Waals surface area contributed by atoms with E-state index in [2.05, 4.69) is 10.2 Å². The predicted octanol–water partition coefficient (Wildman–Crippen LogP) is 2.12. The number of benzene rings is 2. The number of para-hydroxylation sites is 1. The fourth-order valence-corrected chi connectivity index (χ4v) is 4.83. The Bertz CT molecular complexity index is 969. The van der Waals surface area contributed by atoms with Crippen LogP contribution in [0.15, 0.2) is 53.4 Å². The van der Waals surface area contributed by atoms with E-state index in [1.165, 1.54) is 16.4 Å². The summed E-state index contributed by atoms with van der Waals surface area (Å²) in [4.78, 5) is 15.0. The van der Waals surface area contributed by atoms with Crippen molar-refractivity contribution < 1.29 is 17.9 Å². The number of likely N-dealkylation sites (N-methyl/N-ethyl adjacent to an activating group) is 1. The third kappa shape index (κ3) is 4.77. The zero-order valence-corrected chi connectivity index (χ0v) is 17.8. The number of hydrogen-bond donors (Lipinski definition) is 1. The lowest BCUT2D eigenvalue weighted by molar-refractivity contribution is 0.0939. The quantitative estimate of drug-likeness (QED) is 0.779. The molecule has 1 N–H and O–H groups in total. The normalized spacial score (nSPS) is 16.9. The Hall–Kier alpha value is -2.42. The van der Waals surface area contributed by atoms with Crippen LogP contribution < -0.4 is 10.1 Å². The number of methoxy groups -OCH3 is 1. The number of carbonyl (C=O) groups excluding carboxylic acids is 1. The van der Waals surface area contributed by atoms with Crippen LogP contribution >= 0.6 is 0 Å². The maximum atomic E-state index is 13.0. The molecule has 156 valence electrons. The van der Waals surface area contributed by atoms with Crippen molar-refractivity contribution in [1.82, 2.24) is 14.5 Å². The minimum atomic E-state index is -3.63. The SMILES string of the molecule is COc1ccccc1[C@H](C)NC(=O)c1cccc(S(=O)(=O)N2CCN(C)CC2)c1. The van der Waals surface area contributed by atoms with Crippen LogP contribution in [0.3, 0.4) is 0 Å². The van der Waals surface area contributed by atoms with Gasteiger partial charge in [0.15, 0.2) is 0 Å². The number of nitrogens with one attached hydrogen (secondary N) is 1. The summed E-state index contributed by atoms with van der Waals surface area (Å²) in [6.45, 7) is 4.13. The Morgan fingerprint density at radius 3 is 2.45 bits per heavy atom. The van der Waals surface area contributed by atoms with E-state index >= 15 is 0 Å². The third-order valence-corrected chi connectivity index (χ3v) is 7.04. The first kappa shape index (κ1) is 21.3. The van der Waals surface area contributed by atoms with Crippen LogP contribution in [-0.2, 0) is 10.0 Å². The number of rotatable bonds is 6. The molecule has 0 bridgehead atoms. The lowest BCUT2D eigenvalue weighted by Crippen LogP contribution is -2.47. The molecule has 2 aromatic carbocycles. The lowest BCUT2D eigenvalue weighted by Gasteiger charge is -2.31. The number of nitrogens with zero attached hydrogens (tertiary/aromatic N) is 2. The fourth-order valence-electron chi connectivity index (χ4n) is 3.36. The van der Waals surface area contributed by atoms with Crippen molar-refractivity contribution in [3.63, 3.8) is 0 Å². The maximum Gasteiger partial charge on any atom is 0.251 e. The molecule has 1 heterocycles. The molecule has 1 aliphatic heterocycles. The third-order valence-electron chi connectivity index (χ3n) is 5.15. The minimum Gasteiger partial charge on any atom is -0.496 e. The van der Waals surface area contributed by atoms with Crippen LogP contribution in [0.4, 0.5) is 0 Å². The van der Waals surface area contributed by atoms with E-state index in [1.54, 1.807) is 19.2 Å². The van der Waals surface area contributed by atoms with Crippen molar-refractivity contribution in [2.45, 2.75) is 17.9 Å². The first-order valence-electron chi connectivity index (χ1n) is 9.55. The predicted molar refractivity (Wildman–Crippen MR) is 112 cm³/mol. The van der Waals surface area contributed by atoms with E-state index in [0.717, 1.165) is 5.56 Å². The molecule has 1 saturated heterocycles. The molecule has 1 fully saturated rings. The van der Waals surface area contributed by atoms with E-state index in [4.69, 9.17) is 4.74 Å². The van der Waals surface area contributed by atoms with Crippen molar-refractivity contribution in [2.24, 2.45) is 0 Å². The standard InChI is InChI=1S/C21H27N3O4S/c1-16(19-9-4-5-10-20(19)28-3)22-21(25)17-7-6-8-18(15-17)29(26,27)24-13-11-23(2)12-14-24/h4-10,15-16H,11-14H2,1-3H3,(H,22,25)/t16-/m0/s1. The summed E-state index contributed by atoms with van der Waals surface area (Å²) in [5.41, 5.74) is 1.16. The van der Waals surface area contributed by atoms with E-state index < -0.39 is 10.0 Å². The van der Waals surface area contributed by atoms with Crippen molar-refractivity contribution >= 4 is 15.9 Å². The van der Waals surface area contributed by atoms with Crippen molar-refractivity contribution in [3.8, 4) is 5.75 Å². The number of carbonyl (C=O) groups is 1. The van der Waals surface area contributed by atoms with Gasteiger partial charge in [0.1, 0.15) is 5.75 Å². The number of hydrogen-bond acceptors (Lipinski definition) is 5. The lowest BCUT2D eigenvalue weighted by atomic mass is 10.1. The molecule has 7 nitrogen and oxygen atoms in total. The zero-order chi connectivity index (χ0) is 21.0. The van der Waals surface area contributed by atoms with Gasteiger partial charge in [-0.25, -0.2) is 8.42 Å². The average molecular weight is 418 g/mol. The average Bonchev–Trinajstić information content (AvgIpc) is 2.74. The highest BCUT2D eigenvalue weighted by Crippen LogP contribution is 2.25. The summed E-state index contributed by atoms with van der Waals surface area (Å²) in [6, 6.07) is 13.4. The highest BCUT2D eigenvalue weighted by atomic mass is 32.2. The largest absolute Gasteiger partial charge is 0.496 e. The Labute approximate surface area is 172 Å². The minimum absolute atomic E-state index is 0.139. The highest BCUT2D eigenvalue weighted by molar-refractivity contribution is 7.89. The number of piperazine rings is 1. The molecule has 1 atom stereocenters. The smallest absolute Gasteiger partial charge is 0.251 e. The van der Waals surface area contributed by atoms with Gasteiger partial charge in [0.25, 0.3) is 5.91 Å². The van der Waals surface area contributed by atoms with Crippen LogP contribution in [0.1, 0.15) is 28.9 Å². The Balaban J connectivity index is 1.77. The Morgan fingerprint density at radius 2 is 1.76 bits per heavy atom. The second kappa shape index (κ2) is 8.94. The van der Waals surface area contributed by atoms with E-state index in [9.17, 15) is 13.2 Å². The summed E-state index contributed by atoms with van der Waals surface area (Å²) in [7, 11) is -0.0727. The van der Waals surface area contributed by atoms with Crippen LogP contribution in [0.2, 0.25) is 0 Å². The summed E-state index contributed by atoms with van der Waals surface area (Å²) in [6.07, 6.45) is 0. The molecule has 1 aliphatic rings. The van der Waals surface area contributed by atoms with Gasteiger partial charge >= 0.3 is 0 Å². The second-order valence-electron chi connectivity index (χ2n) is 7.17. The monoisotopic (exact) mass is 417 g/mol. The molecule has 0 spiro atoms. The molecule has 0 aliphatic carbocycles. The summed E-state index contributed by atoms with van der Waals surface area (Å²) in [5.74, 6) is 0.352.